The smallest absolute Gasteiger partial charge is 0.131 e. The predicted octanol–water partition coefficient (Wildman–Crippen LogP) is 2.86. The highest BCUT2D eigenvalue weighted by atomic mass is 32.1. The van der Waals surface area contributed by atoms with Gasteiger partial charge in [0.05, 0.1) is 6.54 Å². The van der Waals surface area contributed by atoms with E-state index >= 15 is 0 Å². The molecule has 4 heteroatoms. The number of nitrogens with zero attached hydrogens (tertiary/aromatic N) is 3. The Morgan fingerprint density at radius 2 is 2.00 bits per heavy atom. The first-order chi connectivity index (χ1) is 7.61. The first kappa shape index (κ1) is 12.0. The molecule has 0 radical (unpaired) electrons. The van der Waals surface area contributed by atoms with Gasteiger partial charge >= 0.3 is 0 Å². The standard InChI is InChI=1S/C12H21N3S/c1-4-12(3)5-7-15(8-6-12)9-11-14-13-10(2)16-11/h4-9H2,1-3H3. The number of rotatable bonds is 3. The van der Waals surface area contributed by atoms with Gasteiger partial charge in [-0.3, -0.25) is 4.90 Å². The zero-order chi connectivity index (χ0) is 11.6. The van der Waals surface area contributed by atoms with Gasteiger partial charge in [-0.2, -0.15) is 0 Å². The topological polar surface area (TPSA) is 29.0 Å². The average molecular weight is 239 g/mol. The van der Waals surface area contributed by atoms with Crippen LogP contribution in [0.15, 0.2) is 0 Å². The van der Waals surface area contributed by atoms with Crippen molar-refractivity contribution in [1.29, 1.82) is 0 Å². The Labute approximate surface area is 102 Å². The summed E-state index contributed by atoms with van der Waals surface area (Å²) in [5.74, 6) is 0. The van der Waals surface area contributed by atoms with Crippen molar-refractivity contribution < 1.29 is 0 Å². The van der Waals surface area contributed by atoms with Crippen LogP contribution in [-0.2, 0) is 6.54 Å². The molecule has 1 fully saturated rings. The Morgan fingerprint density at radius 1 is 1.31 bits per heavy atom. The number of likely N-dealkylation sites (tertiary alicyclic amines) is 1. The molecule has 1 saturated heterocycles. The molecule has 90 valence electrons. The van der Waals surface area contributed by atoms with Crippen molar-refractivity contribution >= 4 is 11.3 Å². The van der Waals surface area contributed by atoms with E-state index in [4.69, 9.17) is 0 Å². The molecule has 0 aromatic carbocycles. The van der Waals surface area contributed by atoms with Crippen LogP contribution >= 0.6 is 11.3 Å². The van der Waals surface area contributed by atoms with E-state index in [2.05, 4.69) is 28.9 Å². The minimum atomic E-state index is 0.577. The van der Waals surface area contributed by atoms with E-state index in [9.17, 15) is 0 Å². The Kier molecular flexibility index (Phi) is 3.60. The molecule has 3 nitrogen and oxygen atoms in total. The lowest BCUT2D eigenvalue weighted by atomic mass is 9.78. The zero-order valence-electron chi connectivity index (χ0n) is 10.5. The Balaban J connectivity index is 1.86. The van der Waals surface area contributed by atoms with Gasteiger partial charge < -0.3 is 0 Å². The highest BCUT2D eigenvalue weighted by Crippen LogP contribution is 2.34. The lowest BCUT2D eigenvalue weighted by molar-refractivity contribution is 0.109. The number of hydrogen-bond donors (Lipinski definition) is 0. The molecule has 0 unspecified atom stereocenters. The van der Waals surface area contributed by atoms with Crippen molar-refractivity contribution in [1.82, 2.24) is 15.1 Å². The lowest BCUT2D eigenvalue weighted by Gasteiger charge is -2.38. The Bertz CT molecular complexity index is 340. The van der Waals surface area contributed by atoms with Crippen LogP contribution in [0, 0.1) is 12.3 Å². The molecule has 2 rings (SSSR count). The summed E-state index contributed by atoms with van der Waals surface area (Å²) >= 11 is 1.72. The molecule has 16 heavy (non-hydrogen) atoms. The summed E-state index contributed by atoms with van der Waals surface area (Å²) in [5.41, 5.74) is 0.577. The summed E-state index contributed by atoms with van der Waals surface area (Å²) in [5, 5.41) is 10.5. The van der Waals surface area contributed by atoms with Gasteiger partial charge in [-0.05, 0) is 38.3 Å². The second-order valence-corrected chi connectivity index (χ2v) is 6.42. The molecule has 1 aliphatic rings. The Hall–Kier alpha value is -0.480. The van der Waals surface area contributed by atoms with Gasteiger partial charge in [-0.1, -0.05) is 20.3 Å². The van der Waals surface area contributed by atoms with Crippen molar-refractivity contribution in [2.45, 2.75) is 46.6 Å². The molecular formula is C12H21N3S. The van der Waals surface area contributed by atoms with Crippen molar-refractivity contribution in [2.24, 2.45) is 5.41 Å². The molecule has 0 atom stereocenters. The maximum atomic E-state index is 4.19. The van der Waals surface area contributed by atoms with E-state index in [1.807, 2.05) is 6.92 Å². The molecule has 0 aliphatic carbocycles. The maximum Gasteiger partial charge on any atom is 0.131 e. The zero-order valence-corrected chi connectivity index (χ0v) is 11.3. The third kappa shape index (κ3) is 2.80. The van der Waals surface area contributed by atoms with Gasteiger partial charge in [-0.15, -0.1) is 21.5 Å². The number of piperidine rings is 1. The van der Waals surface area contributed by atoms with Crippen molar-refractivity contribution in [3.05, 3.63) is 10.0 Å². The van der Waals surface area contributed by atoms with E-state index < -0.39 is 0 Å². The molecule has 0 bridgehead atoms. The first-order valence-corrected chi connectivity index (χ1v) is 6.94. The van der Waals surface area contributed by atoms with Crippen LogP contribution in [0.2, 0.25) is 0 Å². The van der Waals surface area contributed by atoms with E-state index in [1.54, 1.807) is 11.3 Å². The third-order valence-electron chi connectivity index (χ3n) is 3.84. The number of aromatic nitrogens is 2. The summed E-state index contributed by atoms with van der Waals surface area (Å²) in [6.45, 7) is 10.2. The summed E-state index contributed by atoms with van der Waals surface area (Å²) in [6.07, 6.45) is 3.95. The fourth-order valence-electron chi connectivity index (χ4n) is 2.20. The van der Waals surface area contributed by atoms with Gasteiger partial charge in [0.15, 0.2) is 0 Å². The maximum absolute atomic E-state index is 4.19. The highest BCUT2D eigenvalue weighted by molar-refractivity contribution is 7.11. The van der Waals surface area contributed by atoms with Crippen LogP contribution in [0.1, 0.15) is 43.1 Å². The number of aryl methyl sites for hydroxylation is 1. The molecule has 0 saturated carbocycles. The second-order valence-electron chi connectivity index (χ2n) is 5.16. The van der Waals surface area contributed by atoms with Crippen LogP contribution in [0.4, 0.5) is 0 Å². The molecule has 0 N–H and O–H groups in total. The Morgan fingerprint density at radius 3 is 2.50 bits per heavy atom. The SMILES string of the molecule is CCC1(C)CCN(Cc2nnc(C)s2)CC1. The van der Waals surface area contributed by atoms with Crippen LogP contribution < -0.4 is 0 Å². The van der Waals surface area contributed by atoms with Crippen LogP contribution in [0.3, 0.4) is 0 Å². The molecule has 1 aromatic rings. The predicted molar refractivity (Wildman–Crippen MR) is 67.6 cm³/mol. The minimum absolute atomic E-state index is 0.577. The van der Waals surface area contributed by atoms with E-state index in [-0.39, 0.29) is 0 Å². The van der Waals surface area contributed by atoms with E-state index in [0.29, 0.717) is 5.41 Å². The summed E-state index contributed by atoms with van der Waals surface area (Å²) in [7, 11) is 0. The molecule has 1 aliphatic heterocycles. The molecule has 0 spiro atoms. The summed E-state index contributed by atoms with van der Waals surface area (Å²) in [6, 6.07) is 0. The summed E-state index contributed by atoms with van der Waals surface area (Å²) in [4.78, 5) is 2.51. The van der Waals surface area contributed by atoms with Crippen LogP contribution in [-0.4, -0.2) is 28.2 Å². The van der Waals surface area contributed by atoms with Crippen molar-refractivity contribution in [3.63, 3.8) is 0 Å². The minimum Gasteiger partial charge on any atom is -0.297 e. The van der Waals surface area contributed by atoms with Crippen LogP contribution in [0.25, 0.3) is 0 Å². The lowest BCUT2D eigenvalue weighted by Crippen LogP contribution is -2.37. The summed E-state index contributed by atoms with van der Waals surface area (Å²) < 4.78 is 0. The molecule has 1 aromatic heterocycles. The fraction of sp³-hybridized carbons (Fsp3) is 0.833. The normalized spacial score (nSPS) is 21.2. The molecule has 2 heterocycles. The van der Waals surface area contributed by atoms with Gasteiger partial charge in [0.25, 0.3) is 0 Å². The van der Waals surface area contributed by atoms with Gasteiger partial charge in [0, 0.05) is 0 Å². The third-order valence-corrected chi connectivity index (χ3v) is 4.67. The van der Waals surface area contributed by atoms with Crippen molar-refractivity contribution in [3.8, 4) is 0 Å². The van der Waals surface area contributed by atoms with Gasteiger partial charge in [0.2, 0.25) is 0 Å². The quantitative estimate of drug-likeness (QED) is 0.812. The van der Waals surface area contributed by atoms with Gasteiger partial charge in [0.1, 0.15) is 10.0 Å². The fourth-order valence-corrected chi connectivity index (χ4v) is 2.95. The second kappa shape index (κ2) is 4.80. The number of hydrogen-bond acceptors (Lipinski definition) is 4. The largest absolute Gasteiger partial charge is 0.297 e. The monoisotopic (exact) mass is 239 g/mol. The van der Waals surface area contributed by atoms with Crippen LogP contribution in [0.5, 0.6) is 0 Å². The van der Waals surface area contributed by atoms with E-state index in [1.165, 1.54) is 32.4 Å². The van der Waals surface area contributed by atoms with Gasteiger partial charge in [-0.25, -0.2) is 0 Å². The average Bonchev–Trinajstić information content (AvgIpc) is 2.68. The molecule has 0 amide bonds. The molecular weight excluding hydrogens is 218 g/mol. The van der Waals surface area contributed by atoms with E-state index in [0.717, 1.165) is 16.6 Å². The highest BCUT2D eigenvalue weighted by Gasteiger charge is 2.28. The van der Waals surface area contributed by atoms with Crippen molar-refractivity contribution in [2.75, 3.05) is 13.1 Å². The first-order valence-electron chi connectivity index (χ1n) is 6.13.